The van der Waals surface area contributed by atoms with Gasteiger partial charge in [-0.15, -0.1) is 0 Å². The molecule has 27 heavy (non-hydrogen) atoms. The maximum Gasteiger partial charge on any atom is 0.222 e. The van der Waals surface area contributed by atoms with Crippen molar-refractivity contribution in [2.75, 3.05) is 18.5 Å². The van der Waals surface area contributed by atoms with E-state index in [2.05, 4.69) is 71.2 Å². The lowest BCUT2D eigenvalue weighted by molar-refractivity contribution is -0.131. The van der Waals surface area contributed by atoms with Crippen LogP contribution in [0.25, 0.3) is 0 Å². The largest absolute Gasteiger partial charge is 0.343 e. The highest BCUT2D eigenvalue weighted by atomic mass is 127. The number of hydrogen-bond donors (Lipinski definition) is 1. The summed E-state index contributed by atoms with van der Waals surface area (Å²) in [6, 6.07) is 18.1. The monoisotopic (exact) mass is 477 g/mol. The van der Waals surface area contributed by atoms with E-state index in [9.17, 15) is 4.79 Å². The van der Waals surface area contributed by atoms with Crippen molar-refractivity contribution in [1.29, 1.82) is 0 Å². The third kappa shape index (κ3) is 7.33. The molecule has 0 unspecified atom stereocenters. The second kappa shape index (κ2) is 11.7. The quantitative estimate of drug-likeness (QED) is 0.278. The average molecular weight is 477 g/mol. The van der Waals surface area contributed by atoms with Gasteiger partial charge in [-0.1, -0.05) is 44.2 Å². The van der Waals surface area contributed by atoms with Crippen LogP contribution in [0.2, 0.25) is 0 Å². The van der Waals surface area contributed by atoms with E-state index in [-0.39, 0.29) is 5.91 Å². The fourth-order valence-corrected chi connectivity index (χ4v) is 3.20. The van der Waals surface area contributed by atoms with E-state index in [1.54, 1.807) is 0 Å². The Morgan fingerprint density at radius 1 is 0.963 bits per heavy atom. The first-order valence-electron chi connectivity index (χ1n) is 9.55. The van der Waals surface area contributed by atoms with Gasteiger partial charge in [0, 0.05) is 29.5 Å². The summed E-state index contributed by atoms with van der Waals surface area (Å²) in [7, 11) is 0. The lowest BCUT2D eigenvalue weighted by Crippen LogP contribution is -2.32. The summed E-state index contributed by atoms with van der Waals surface area (Å²) in [5.41, 5.74) is 6.00. The molecule has 0 atom stereocenters. The Hall–Kier alpha value is -1.89. The second-order valence-corrected chi connectivity index (χ2v) is 7.67. The molecule has 1 N–H and O–H groups in total. The molecule has 0 aliphatic rings. The number of carbonyl (C=O) groups excluding carboxylic acids is 1. The summed E-state index contributed by atoms with van der Waals surface area (Å²) in [5, 5.41) is 4.61. The Balaban J connectivity index is 2.12. The van der Waals surface area contributed by atoms with Crippen LogP contribution in [0.4, 0.5) is 5.69 Å². The number of benzene rings is 2. The summed E-state index contributed by atoms with van der Waals surface area (Å²) >= 11 is 2.29. The van der Waals surface area contributed by atoms with E-state index in [0.29, 0.717) is 12.8 Å². The topological polar surface area (TPSA) is 44.7 Å². The number of anilines is 1. The third-order valence-electron chi connectivity index (χ3n) is 4.19. The maximum absolute atomic E-state index is 12.6. The zero-order chi connectivity index (χ0) is 19.5. The van der Waals surface area contributed by atoms with Crippen molar-refractivity contribution in [2.24, 2.45) is 5.10 Å². The first-order chi connectivity index (χ1) is 13.1. The molecule has 0 aromatic heterocycles. The van der Waals surface area contributed by atoms with E-state index in [0.717, 1.165) is 42.9 Å². The normalized spacial score (nSPS) is 11.3. The Kier molecular flexibility index (Phi) is 9.31. The lowest BCUT2D eigenvalue weighted by atomic mass is 10.1. The minimum Gasteiger partial charge on any atom is -0.343 e. The molecule has 0 fully saturated rings. The minimum absolute atomic E-state index is 0.205. The molecule has 0 heterocycles. The van der Waals surface area contributed by atoms with Crippen LogP contribution < -0.4 is 5.43 Å². The number of hydrazone groups is 1. The number of halogens is 1. The van der Waals surface area contributed by atoms with Crippen molar-refractivity contribution >= 4 is 39.9 Å². The smallest absolute Gasteiger partial charge is 0.222 e. The number of para-hydroxylation sites is 1. The van der Waals surface area contributed by atoms with Gasteiger partial charge in [0.15, 0.2) is 0 Å². The average Bonchev–Trinajstić information content (AvgIpc) is 2.69. The van der Waals surface area contributed by atoms with Crippen LogP contribution in [-0.4, -0.2) is 29.6 Å². The molecule has 0 bridgehead atoms. The van der Waals surface area contributed by atoms with Crippen molar-refractivity contribution in [3.63, 3.8) is 0 Å². The van der Waals surface area contributed by atoms with E-state index in [1.165, 1.54) is 3.57 Å². The number of amides is 1. The summed E-state index contributed by atoms with van der Waals surface area (Å²) in [5.74, 6) is 0.205. The Bertz CT molecular complexity index is 723. The minimum atomic E-state index is 0.205. The van der Waals surface area contributed by atoms with E-state index >= 15 is 0 Å². The summed E-state index contributed by atoms with van der Waals surface area (Å²) in [6.45, 7) is 5.87. The molecule has 0 spiro atoms. The first-order valence-corrected chi connectivity index (χ1v) is 10.6. The molecule has 5 heteroatoms. The molecule has 4 nitrogen and oxygen atoms in total. The lowest BCUT2D eigenvalue weighted by Gasteiger charge is -2.21. The predicted octanol–water partition coefficient (Wildman–Crippen LogP) is 5.54. The molecular formula is C22H28IN3O. The maximum atomic E-state index is 12.6. The molecule has 2 aromatic carbocycles. The molecular weight excluding hydrogens is 449 g/mol. The number of rotatable bonds is 10. The summed E-state index contributed by atoms with van der Waals surface area (Å²) in [6.07, 6.45) is 3.06. The van der Waals surface area contributed by atoms with Gasteiger partial charge in [0.2, 0.25) is 5.91 Å². The van der Waals surface area contributed by atoms with E-state index in [1.807, 2.05) is 35.2 Å². The molecule has 0 saturated heterocycles. The van der Waals surface area contributed by atoms with Gasteiger partial charge in [0.1, 0.15) is 0 Å². The van der Waals surface area contributed by atoms with Crippen LogP contribution in [0.1, 0.15) is 45.1 Å². The van der Waals surface area contributed by atoms with Crippen LogP contribution in [0, 0.1) is 3.57 Å². The van der Waals surface area contributed by atoms with Gasteiger partial charge in [0.05, 0.1) is 11.4 Å². The predicted molar refractivity (Wildman–Crippen MR) is 122 cm³/mol. The SMILES string of the molecule is CCCN(CCC)C(=O)CC/C(=N/Nc1ccccc1)c1ccc(I)cc1. The van der Waals surface area contributed by atoms with Gasteiger partial charge >= 0.3 is 0 Å². The number of nitrogens with zero attached hydrogens (tertiary/aromatic N) is 2. The van der Waals surface area contributed by atoms with Gasteiger partial charge in [-0.3, -0.25) is 10.2 Å². The van der Waals surface area contributed by atoms with Gasteiger partial charge in [-0.05, 0) is 65.3 Å². The van der Waals surface area contributed by atoms with Crippen molar-refractivity contribution in [3.8, 4) is 0 Å². The number of carbonyl (C=O) groups is 1. The molecule has 2 aromatic rings. The van der Waals surface area contributed by atoms with Gasteiger partial charge < -0.3 is 4.90 Å². The molecule has 0 aliphatic carbocycles. The van der Waals surface area contributed by atoms with Gasteiger partial charge in [-0.25, -0.2) is 0 Å². The Labute approximate surface area is 176 Å². The number of hydrogen-bond acceptors (Lipinski definition) is 3. The summed E-state index contributed by atoms with van der Waals surface area (Å²) in [4.78, 5) is 14.6. The van der Waals surface area contributed by atoms with E-state index in [4.69, 9.17) is 0 Å². The van der Waals surface area contributed by atoms with Gasteiger partial charge in [-0.2, -0.15) is 5.10 Å². The Morgan fingerprint density at radius 2 is 1.59 bits per heavy atom. The second-order valence-electron chi connectivity index (χ2n) is 6.42. The van der Waals surface area contributed by atoms with E-state index < -0.39 is 0 Å². The van der Waals surface area contributed by atoms with Gasteiger partial charge in [0.25, 0.3) is 0 Å². The highest BCUT2D eigenvalue weighted by Gasteiger charge is 2.14. The van der Waals surface area contributed by atoms with Crippen LogP contribution in [0.5, 0.6) is 0 Å². The highest BCUT2D eigenvalue weighted by Crippen LogP contribution is 2.13. The van der Waals surface area contributed by atoms with Crippen LogP contribution in [0.3, 0.4) is 0 Å². The van der Waals surface area contributed by atoms with Crippen molar-refractivity contribution in [1.82, 2.24) is 4.90 Å². The zero-order valence-corrected chi connectivity index (χ0v) is 18.3. The highest BCUT2D eigenvalue weighted by molar-refractivity contribution is 14.1. The molecule has 0 radical (unpaired) electrons. The molecule has 1 amide bonds. The zero-order valence-electron chi connectivity index (χ0n) is 16.1. The van der Waals surface area contributed by atoms with Crippen LogP contribution in [0.15, 0.2) is 59.7 Å². The molecule has 2 rings (SSSR count). The van der Waals surface area contributed by atoms with Crippen molar-refractivity contribution < 1.29 is 4.79 Å². The Morgan fingerprint density at radius 3 is 2.19 bits per heavy atom. The number of nitrogens with one attached hydrogen (secondary N) is 1. The van der Waals surface area contributed by atoms with Crippen LogP contribution in [-0.2, 0) is 4.79 Å². The van der Waals surface area contributed by atoms with Crippen LogP contribution >= 0.6 is 22.6 Å². The molecule has 144 valence electrons. The summed E-state index contributed by atoms with van der Waals surface area (Å²) < 4.78 is 1.18. The molecule has 0 saturated carbocycles. The fourth-order valence-electron chi connectivity index (χ4n) is 2.84. The standard InChI is InChI=1S/C22H28IN3O/c1-3-16-26(17-4-2)22(27)15-14-21(18-10-12-19(23)13-11-18)25-24-20-8-6-5-7-9-20/h5-13,24H,3-4,14-17H2,1-2H3/b25-21-. The fraction of sp³-hybridized carbons (Fsp3) is 0.364. The van der Waals surface area contributed by atoms with Crippen molar-refractivity contribution in [2.45, 2.75) is 39.5 Å². The first kappa shape index (κ1) is 21.4. The third-order valence-corrected chi connectivity index (χ3v) is 4.91. The molecule has 0 aliphatic heterocycles. The van der Waals surface area contributed by atoms with Crippen molar-refractivity contribution in [3.05, 3.63) is 63.7 Å².